The molecule has 0 saturated carbocycles. The van der Waals surface area contributed by atoms with E-state index in [0.29, 0.717) is 13.1 Å². The molecule has 88 valence electrons. The van der Waals surface area contributed by atoms with Crippen LogP contribution in [0.2, 0.25) is 0 Å². The van der Waals surface area contributed by atoms with E-state index in [4.69, 9.17) is 4.52 Å². The highest BCUT2D eigenvalue weighted by atomic mass is 16.5. The van der Waals surface area contributed by atoms with Gasteiger partial charge in [0, 0.05) is 18.7 Å². The number of amides is 1. The van der Waals surface area contributed by atoms with Crippen molar-refractivity contribution in [1.29, 1.82) is 0 Å². The molecule has 0 bridgehead atoms. The van der Waals surface area contributed by atoms with E-state index in [9.17, 15) is 9.90 Å². The van der Waals surface area contributed by atoms with Gasteiger partial charge in [-0.1, -0.05) is 12.1 Å². The van der Waals surface area contributed by atoms with Crippen LogP contribution in [0.25, 0.3) is 0 Å². The molecule has 1 aromatic rings. The van der Waals surface area contributed by atoms with Crippen molar-refractivity contribution in [1.82, 2.24) is 10.1 Å². The summed E-state index contributed by atoms with van der Waals surface area (Å²) in [7, 11) is 0. The molecule has 1 N–H and O–H groups in total. The van der Waals surface area contributed by atoms with E-state index in [0.717, 1.165) is 12.0 Å². The van der Waals surface area contributed by atoms with Gasteiger partial charge in [0.25, 0.3) is 5.91 Å². The molecule has 2 unspecified atom stereocenters. The second-order valence-corrected chi connectivity index (χ2v) is 4.42. The van der Waals surface area contributed by atoms with Gasteiger partial charge in [-0.2, -0.15) is 0 Å². The topological polar surface area (TPSA) is 66.6 Å². The molecule has 2 rings (SSSR count). The highest BCUT2D eigenvalue weighted by Gasteiger charge is 2.30. The van der Waals surface area contributed by atoms with Gasteiger partial charge in [0.1, 0.15) is 0 Å². The van der Waals surface area contributed by atoms with E-state index < -0.39 is 6.10 Å². The average Bonchev–Trinajstić information content (AvgIpc) is 2.67. The number of rotatable bonds is 1. The summed E-state index contributed by atoms with van der Waals surface area (Å²) in [5.74, 6) is 0.350. The smallest absolute Gasteiger partial charge is 0.292 e. The van der Waals surface area contributed by atoms with Crippen LogP contribution in [-0.4, -0.2) is 40.3 Å². The molecule has 1 aromatic heterocycles. The van der Waals surface area contributed by atoms with Crippen LogP contribution in [0.1, 0.15) is 29.5 Å². The fraction of sp³-hybridized carbons (Fsp3) is 0.636. The quantitative estimate of drug-likeness (QED) is 0.767. The number of aryl methyl sites for hydroxylation is 1. The maximum absolute atomic E-state index is 12.0. The fourth-order valence-corrected chi connectivity index (χ4v) is 1.87. The van der Waals surface area contributed by atoms with Crippen LogP contribution < -0.4 is 0 Å². The first-order valence-corrected chi connectivity index (χ1v) is 5.48. The van der Waals surface area contributed by atoms with E-state index in [1.165, 1.54) is 6.20 Å². The Morgan fingerprint density at radius 2 is 2.44 bits per heavy atom. The van der Waals surface area contributed by atoms with E-state index in [2.05, 4.69) is 5.16 Å². The van der Waals surface area contributed by atoms with Crippen molar-refractivity contribution in [3.8, 4) is 0 Å². The molecule has 1 amide bonds. The van der Waals surface area contributed by atoms with E-state index in [1.54, 1.807) is 11.8 Å². The van der Waals surface area contributed by atoms with Crippen LogP contribution >= 0.6 is 0 Å². The van der Waals surface area contributed by atoms with Crippen LogP contribution in [-0.2, 0) is 0 Å². The lowest BCUT2D eigenvalue weighted by molar-refractivity contribution is 0.0225. The lowest BCUT2D eigenvalue weighted by atomic mass is 9.96. The van der Waals surface area contributed by atoms with E-state index >= 15 is 0 Å². The molecule has 5 nitrogen and oxygen atoms in total. The summed E-state index contributed by atoms with van der Waals surface area (Å²) in [6.07, 6.45) is 1.90. The molecule has 1 aliphatic heterocycles. The van der Waals surface area contributed by atoms with Gasteiger partial charge in [0.2, 0.25) is 5.76 Å². The van der Waals surface area contributed by atoms with Gasteiger partial charge in [-0.05, 0) is 19.3 Å². The van der Waals surface area contributed by atoms with Crippen molar-refractivity contribution in [2.45, 2.75) is 26.4 Å². The van der Waals surface area contributed by atoms with Crippen molar-refractivity contribution in [2.24, 2.45) is 5.92 Å². The predicted molar refractivity (Wildman–Crippen MR) is 56.9 cm³/mol. The van der Waals surface area contributed by atoms with E-state index in [-0.39, 0.29) is 17.6 Å². The molecule has 1 saturated heterocycles. The molecular formula is C11H16N2O3. The van der Waals surface area contributed by atoms with E-state index in [1.807, 2.05) is 6.92 Å². The van der Waals surface area contributed by atoms with Gasteiger partial charge < -0.3 is 14.5 Å². The van der Waals surface area contributed by atoms with Crippen molar-refractivity contribution in [2.75, 3.05) is 13.1 Å². The van der Waals surface area contributed by atoms with Gasteiger partial charge >= 0.3 is 0 Å². The first kappa shape index (κ1) is 11.1. The summed E-state index contributed by atoms with van der Waals surface area (Å²) < 4.78 is 4.92. The minimum atomic E-state index is -0.444. The van der Waals surface area contributed by atoms with Crippen LogP contribution in [0.4, 0.5) is 0 Å². The molecule has 0 aromatic carbocycles. The van der Waals surface area contributed by atoms with Crippen LogP contribution in [0.15, 0.2) is 10.7 Å². The summed E-state index contributed by atoms with van der Waals surface area (Å²) in [5, 5.41) is 13.3. The van der Waals surface area contributed by atoms with Crippen LogP contribution in [0.5, 0.6) is 0 Å². The minimum absolute atomic E-state index is 0.180. The van der Waals surface area contributed by atoms with Crippen molar-refractivity contribution < 1.29 is 14.4 Å². The first-order chi connectivity index (χ1) is 7.59. The number of β-amino-alcohol motifs (C(OH)–C–C–N with tert-alkyl or cyclic N) is 1. The standard InChI is InChI=1S/C11H16N2O3/c1-7-3-4-13(6-9(7)14)11(15)10-8(2)5-12-16-10/h5,7,9,14H,3-4,6H2,1-2H3. The normalized spacial score (nSPS) is 25.8. The second-order valence-electron chi connectivity index (χ2n) is 4.42. The molecule has 16 heavy (non-hydrogen) atoms. The Balaban J connectivity index is 2.09. The van der Waals surface area contributed by atoms with Crippen molar-refractivity contribution in [3.63, 3.8) is 0 Å². The third-order valence-corrected chi connectivity index (χ3v) is 3.15. The van der Waals surface area contributed by atoms with Crippen LogP contribution in [0.3, 0.4) is 0 Å². The van der Waals surface area contributed by atoms with Crippen molar-refractivity contribution >= 4 is 5.91 Å². The highest BCUT2D eigenvalue weighted by Crippen LogP contribution is 2.19. The molecule has 2 atom stereocenters. The summed E-state index contributed by atoms with van der Waals surface area (Å²) in [6, 6.07) is 0. The number of piperidine rings is 1. The highest BCUT2D eigenvalue weighted by molar-refractivity contribution is 5.92. The maximum Gasteiger partial charge on any atom is 0.292 e. The Labute approximate surface area is 94.0 Å². The van der Waals surface area contributed by atoms with Gasteiger partial charge in [-0.3, -0.25) is 4.79 Å². The SMILES string of the molecule is Cc1cnoc1C(=O)N1CCC(C)C(O)C1. The zero-order valence-electron chi connectivity index (χ0n) is 9.51. The lowest BCUT2D eigenvalue weighted by Gasteiger charge is -2.33. The minimum Gasteiger partial charge on any atom is -0.391 e. The number of likely N-dealkylation sites (tertiary alicyclic amines) is 1. The predicted octanol–water partition coefficient (Wildman–Crippen LogP) is 0.826. The largest absolute Gasteiger partial charge is 0.391 e. The summed E-state index contributed by atoms with van der Waals surface area (Å²) in [4.78, 5) is 13.6. The Kier molecular flexibility index (Phi) is 2.96. The monoisotopic (exact) mass is 224 g/mol. The third-order valence-electron chi connectivity index (χ3n) is 3.15. The number of hydrogen-bond acceptors (Lipinski definition) is 4. The number of hydrogen-bond donors (Lipinski definition) is 1. The number of aliphatic hydroxyl groups is 1. The second kappa shape index (κ2) is 4.25. The Bertz CT molecular complexity index is 388. The zero-order chi connectivity index (χ0) is 11.7. The fourth-order valence-electron chi connectivity index (χ4n) is 1.87. The molecule has 0 spiro atoms. The average molecular weight is 224 g/mol. The number of carbonyl (C=O) groups is 1. The lowest BCUT2D eigenvalue weighted by Crippen LogP contribution is -2.45. The summed E-state index contributed by atoms with van der Waals surface area (Å²) in [5.41, 5.74) is 0.734. The molecule has 1 aliphatic rings. The molecule has 5 heteroatoms. The zero-order valence-corrected chi connectivity index (χ0v) is 9.51. The molecule has 0 aliphatic carbocycles. The first-order valence-electron chi connectivity index (χ1n) is 5.48. The van der Waals surface area contributed by atoms with Gasteiger partial charge in [0.05, 0.1) is 12.3 Å². The van der Waals surface area contributed by atoms with Crippen LogP contribution in [0, 0.1) is 12.8 Å². The third kappa shape index (κ3) is 1.95. The number of nitrogens with zero attached hydrogens (tertiary/aromatic N) is 2. The number of carbonyl (C=O) groups excluding carboxylic acids is 1. The van der Waals surface area contributed by atoms with Gasteiger partial charge in [-0.15, -0.1) is 0 Å². The number of aromatic nitrogens is 1. The molecule has 1 fully saturated rings. The maximum atomic E-state index is 12.0. The van der Waals surface area contributed by atoms with Gasteiger partial charge in [-0.25, -0.2) is 0 Å². The Morgan fingerprint density at radius 3 is 3.00 bits per heavy atom. The Hall–Kier alpha value is -1.36. The Morgan fingerprint density at radius 1 is 1.69 bits per heavy atom. The summed E-state index contributed by atoms with van der Waals surface area (Å²) in [6.45, 7) is 4.82. The molecule has 0 radical (unpaired) electrons. The molecular weight excluding hydrogens is 208 g/mol. The molecule has 2 heterocycles. The van der Waals surface area contributed by atoms with Gasteiger partial charge in [0.15, 0.2) is 0 Å². The van der Waals surface area contributed by atoms with Crippen molar-refractivity contribution in [3.05, 3.63) is 17.5 Å². The number of aliphatic hydroxyl groups excluding tert-OH is 1. The summed E-state index contributed by atoms with van der Waals surface area (Å²) >= 11 is 0.